The molecule has 2 aliphatic rings. The van der Waals surface area contributed by atoms with E-state index >= 15 is 0 Å². The Hall–Kier alpha value is -2.82. The monoisotopic (exact) mass is 362 g/mol. The number of aromatic nitrogens is 1. The average molecular weight is 362 g/mol. The van der Waals surface area contributed by atoms with Crippen molar-refractivity contribution in [2.75, 3.05) is 11.9 Å². The Morgan fingerprint density at radius 1 is 1.19 bits per heavy atom. The summed E-state index contributed by atoms with van der Waals surface area (Å²) in [6, 6.07) is 9.00. The van der Waals surface area contributed by atoms with Gasteiger partial charge in [-0.15, -0.1) is 0 Å². The molecular weight excluding hydrogens is 336 g/mol. The third-order valence-corrected chi connectivity index (χ3v) is 5.14. The fraction of sp³-hybridized carbons (Fsp3) is 0.364. The predicted octanol–water partition coefficient (Wildman–Crippen LogP) is 4.35. The van der Waals surface area contributed by atoms with E-state index in [-0.39, 0.29) is 6.04 Å². The highest BCUT2D eigenvalue weighted by atomic mass is 16.5. The summed E-state index contributed by atoms with van der Waals surface area (Å²) >= 11 is 0. The van der Waals surface area contributed by atoms with E-state index in [1.165, 1.54) is 40.7 Å². The standard InChI is InChI=1S/C22H26N4O/c1-14(2)11-24-21-8-7-16(12-25-21)17-9-15-5-3-4-6-18(15)19(10-17)20-13-27-22(23)26-20/h7-12,20H,3-6,13H2,1-2H3,(H2,23,26)(H,24,25). The highest BCUT2D eigenvalue weighted by Gasteiger charge is 2.25. The number of anilines is 1. The molecule has 0 saturated heterocycles. The second kappa shape index (κ2) is 7.43. The molecule has 2 aromatic rings. The van der Waals surface area contributed by atoms with Crippen LogP contribution in [0.2, 0.25) is 0 Å². The summed E-state index contributed by atoms with van der Waals surface area (Å²) < 4.78 is 5.42. The van der Waals surface area contributed by atoms with Crippen molar-refractivity contribution in [2.45, 2.75) is 45.6 Å². The van der Waals surface area contributed by atoms with Crippen molar-refractivity contribution in [1.82, 2.24) is 4.98 Å². The Labute approximate surface area is 160 Å². The molecule has 27 heavy (non-hydrogen) atoms. The second-order valence-electron chi connectivity index (χ2n) is 7.50. The summed E-state index contributed by atoms with van der Waals surface area (Å²) in [7, 11) is 0. The fourth-order valence-electron chi connectivity index (χ4n) is 3.79. The van der Waals surface area contributed by atoms with Crippen LogP contribution >= 0.6 is 0 Å². The van der Waals surface area contributed by atoms with Gasteiger partial charge in [0.15, 0.2) is 0 Å². The second-order valence-corrected chi connectivity index (χ2v) is 7.50. The maximum absolute atomic E-state index is 5.76. The van der Waals surface area contributed by atoms with Crippen molar-refractivity contribution in [1.29, 1.82) is 0 Å². The highest BCUT2D eigenvalue weighted by Crippen LogP contribution is 2.36. The Bertz CT molecular complexity index is 895. The molecule has 5 heteroatoms. The number of nitrogens with two attached hydrogens (primary N) is 1. The Balaban J connectivity index is 1.69. The van der Waals surface area contributed by atoms with Gasteiger partial charge in [0.2, 0.25) is 0 Å². The lowest BCUT2D eigenvalue weighted by Gasteiger charge is -2.23. The quantitative estimate of drug-likeness (QED) is 0.848. The summed E-state index contributed by atoms with van der Waals surface area (Å²) in [6.45, 7) is 4.64. The largest absolute Gasteiger partial charge is 0.463 e. The number of hydrogen-bond donors (Lipinski definition) is 2. The van der Waals surface area contributed by atoms with Crippen LogP contribution in [0.15, 0.2) is 47.2 Å². The van der Waals surface area contributed by atoms with Gasteiger partial charge in [0.1, 0.15) is 18.5 Å². The smallest absolute Gasteiger partial charge is 0.282 e. The highest BCUT2D eigenvalue weighted by molar-refractivity contribution is 5.74. The number of fused-ring (bicyclic) bond motifs is 1. The molecule has 0 radical (unpaired) electrons. The van der Waals surface area contributed by atoms with Gasteiger partial charge in [-0.05, 0) is 80.0 Å². The molecule has 0 fully saturated rings. The van der Waals surface area contributed by atoms with E-state index in [1.807, 2.05) is 18.5 Å². The van der Waals surface area contributed by atoms with Gasteiger partial charge in [-0.2, -0.15) is 0 Å². The first-order valence-corrected chi connectivity index (χ1v) is 9.58. The predicted molar refractivity (Wildman–Crippen MR) is 110 cm³/mol. The number of ether oxygens (including phenoxy) is 1. The van der Waals surface area contributed by atoms with Gasteiger partial charge in [0, 0.05) is 18.0 Å². The molecule has 140 valence electrons. The number of aryl methyl sites for hydroxylation is 1. The molecule has 5 nitrogen and oxygen atoms in total. The van der Waals surface area contributed by atoms with Crippen LogP contribution in [0, 0.1) is 0 Å². The topological polar surface area (TPSA) is 72.5 Å². The fourth-order valence-corrected chi connectivity index (χ4v) is 3.79. The van der Waals surface area contributed by atoms with Crippen molar-refractivity contribution in [2.24, 2.45) is 10.7 Å². The molecule has 0 bridgehead atoms. The Morgan fingerprint density at radius 2 is 2.04 bits per heavy atom. The molecule has 1 aromatic carbocycles. The van der Waals surface area contributed by atoms with Crippen molar-refractivity contribution in [3.8, 4) is 11.1 Å². The summed E-state index contributed by atoms with van der Waals surface area (Å²) in [4.78, 5) is 9.05. The number of rotatable bonds is 4. The first-order chi connectivity index (χ1) is 13.1. The summed E-state index contributed by atoms with van der Waals surface area (Å²) in [6.07, 6.45) is 8.60. The summed E-state index contributed by atoms with van der Waals surface area (Å²) in [5, 5.41) is 3.21. The molecule has 1 unspecified atom stereocenters. The molecule has 1 aliphatic carbocycles. The minimum absolute atomic E-state index is 0.00312. The molecule has 3 N–H and O–H groups in total. The van der Waals surface area contributed by atoms with Gasteiger partial charge in [-0.1, -0.05) is 11.6 Å². The van der Waals surface area contributed by atoms with Crippen LogP contribution in [0.25, 0.3) is 11.1 Å². The van der Waals surface area contributed by atoms with Gasteiger partial charge in [0.25, 0.3) is 6.02 Å². The van der Waals surface area contributed by atoms with E-state index < -0.39 is 0 Å². The maximum Gasteiger partial charge on any atom is 0.282 e. The van der Waals surface area contributed by atoms with Crippen LogP contribution in [0.4, 0.5) is 5.82 Å². The molecule has 1 aromatic heterocycles. The lowest BCUT2D eigenvalue weighted by Crippen LogP contribution is -2.11. The molecule has 1 atom stereocenters. The van der Waals surface area contributed by atoms with E-state index in [0.717, 1.165) is 24.2 Å². The van der Waals surface area contributed by atoms with Crippen LogP contribution in [0.1, 0.15) is 49.4 Å². The number of hydrogen-bond acceptors (Lipinski definition) is 5. The van der Waals surface area contributed by atoms with E-state index in [1.54, 1.807) is 0 Å². The molecule has 0 spiro atoms. The number of pyridine rings is 1. The molecule has 1 aliphatic heterocycles. The molecule has 2 heterocycles. The molecule has 0 amide bonds. The lowest BCUT2D eigenvalue weighted by atomic mass is 9.83. The summed E-state index contributed by atoms with van der Waals surface area (Å²) in [5.41, 5.74) is 13.4. The number of aliphatic imine (C=N–C) groups is 1. The zero-order chi connectivity index (χ0) is 18.8. The van der Waals surface area contributed by atoms with Gasteiger partial charge >= 0.3 is 0 Å². The number of allylic oxidation sites excluding steroid dienone is 1. The first-order valence-electron chi connectivity index (χ1n) is 9.58. The molecule has 4 rings (SSSR count). The lowest BCUT2D eigenvalue weighted by molar-refractivity contribution is 0.314. The molecule has 0 saturated carbocycles. The van der Waals surface area contributed by atoms with E-state index in [9.17, 15) is 0 Å². The summed E-state index contributed by atoms with van der Waals surface area (Å²) in [5.74, 6) is 0.847. The number of nitrogens with one attached hydrogen (secondary N) is 1. The normalized spacial score (nSPS) is 18.3. The van der Waals surface area contributed by atoms with Gasteiger partial charge in [-0.25, -0.2) is 9.98 Å². The molecular formula is C22H26N4O. The Morgan fingerprint density at radius 3 is 2.74 bits per heavy atom. The zero-order valence-electron chi connectivity index (χ0n) is 16.0. The van der Waals surface area contributed by atoms with Crippen LogP contribution in [0.3, 0.4) is 0 Å². The van der Waals surface area contributed by atoms with Crippen LogP contribution in [-0.2, 0) is 17.6 Å². The third-order valence-electron chi connectivity index (χ3n) is 5.14. The number of benzene rings is 1. The van der Waals surface area contributed by atoms with Crippen molar-refractivity contribution >= 4 is 11.8 Å². The van der Waals surface area contributed by atoms with Crippen LogP contribution in [0.5, 0.6) is 0 Å². The van der Waals surface area contributed by atoms with Crippen molar-refractivity contribution in [3.05, 3.63) is 58.9 Å². The average Bonchev–Trinajstić information content (AvgIpc) is 3.12. The zero-order valence-corrected chi connectivity index (χ0v) is 16.0. The van der Waals surface area contributed by atoms with Gasteiger partial charge < -0.3 is 15.8 Å². The first kappa shape index (κ1) is 17.6. The number of amidine groups is 1. The SMILES string of the molecule is CC(C)=CNc1ccc(-c2cc3c(c(C4COC(N)=N4)c2)CCCC3)cn1. The van der Waals surface area contributed by atoms with Gasteiger partial charge in [-0.3, -0.25) is 0 Å². The van der Waals surface area contributed by atoms with E-state index in [2.05, 4.69) is 47.3 Å². The third kappa shape index (κ3) is 3.82. The number of nitrogens with zero attached hydrogens (tertiary/aromatic N) is 2. The minimum atomic E-state index is 0.00312. The Kier molecular flexibility index (Phi) is 4.84. The minimum Gasteiger partial charge on any atom is -0.463 e. The van der Waals surface area contributed by atoms with Crippen LogP contribution < -0.4 is 11.1 Å². The van der Waals surface area contributed by atoms with Crippen molar-refractivity contribution < 1.29 is 4.74 Å². The maximum atomic E-state index is 5.76. The van der Waals surface area contributed by atoms with E-state index in [0.29, 0.717) is 12.6 Å². The van der Waals surface area contributed by atoms with Gasteiger partial charge in [0.05, 0.1) is 0 Å². The van der Waals surface area contributed by atoms with Crippen molar-refractivity contribution in [3.63, 3.8) is 0 Å². The van der Waals surface area contributed by atoms with E-state index in [4.69, 9.17) is 10.5 Å². The van der Waals surface area contributed by atoms with Crippen LogP contribution in [-0.4, -0.2) is 17.6 Å².